The Morgan fingerprint density at radius 1 is 1.43 bits per heavy atom. The first kappa shape index (κ1) is 12.0. The molecule has 2 heteroatoms. The Hall–Kier alpha value is -0.0800. The second-order valence-electron chi connectivity index (χ2n) is 5.31. The molecule has 0 aliphatic heterocycles. The molecule has 0 radical (unpaired) electrons. The second-order valence-corrected chi connectivity index (χ2v) is 5.31. The van der Waals surface area contributed by atoms with Crippen molar-refractivity contribution in [2.24, 2.45) is 0 Å². The maximum atomic E-state index is 3.59. The summed E-state index contributed by atoms with van der Waals surface area (Å²) < 4.78 is 0. The summed E-state index contributed by atoms with van der Waals surface area (Å²) in [6, 6.07) is 1.46. The number of hydrogen-bond acceptors (Lipinski definition) is 2. The fraction of sp³-hybridized carbons (Fsp3) is 1.00. The van der Waals surface area contributed by atoms with Gasteiger partial charge >= 0.3 is 0 Å². The predicted octanol–water partition coefficient (Wildman–Crippen LogP) is 2.25. The Labute approximate surface area is 89.1 Å². The van der Waals surface area contributed by atoms with E-state index in [0.29, 0.717) is 11.6 Å². The fourth-order valence-corrected chi connectivity index (χ4v) is 1.61. The van der Waals surface area contributed by atoms with Gasteiger partial charge in [-0.25, -0.2) is 0 Å². The molecule has 0 amide bonds. The zero-order valence-electron chi connectivity index (χ0n) is 10.4. The van der Waals surface area contributed by atoms with Crippen LogP contribution in [0.3, 0.4) is 0 Å². The van der Waals surface area contributed by atoms with Crippen molar-refractivity contribution in [2.75, 3.05) is 13.6 Å². The Kier molecular flexibility index (Phi) is 3.96. The maximum absolute atomic E-state index is 3.59. The van der Waals surface area contributed by atoms with Crippen LogP contribution >= 0.6 is 0 Å². The first-order chi connectivity index (χ1) is 6.47. The van der Waals surface area contributed by atoms with E-state index in [4.69, 9.17) is 0 Å². The van der Waals surface area contributed by atoms with E-state index in [-0.39, 0.29) is 0 Å². The van der Waals surface area contributed by atoms with E-state index in [1.807, 2.05) is 0 Å². The molecule has 1 atom stereocenters. The van der Waals surface area contributed by atoms with Crippen LogP contribution in [0.2, 0.25) is 0 Å². The number of likely N-dealkylation sites (N-methyl/N-ethyl adjacent to an activating group) is 1. The van der Waals surface area contributed by atoms with E-state index >= 15 is 0 Å². The van der Waals surface area contributed by atoms with Crippen LogP contribution in [0.15, 0.2) is 0 Å². The zero-order valence-corrected chi connectivity index (χ0v) is 10.4. The Balaban J connectivity index is 2.29. The normalized spacial score (nSPS) is 20.1. The highest BCUT2D eigenvalue weighted by Gasteiger charge is 2.27. The molecule has 0 spiro atoms. The number of nitrogens with zero attached hydrogens (tertiary/aromatic N) is 1. The van der Waals surface area contributed by atoms with E-state index in [1.54, 1.807) is 0 Å². The summed E-state index contributed by atoms with van der Waals surface area (Å²) in [5.74, 6) is 0. The molecule has 1 aliphatic rings. The van der Waals surface area contributed by atoms with Gasteiger partial charge in [-0.3, -0.25) is 4.90 Å². The Morgan fingerprint density at radius 2 is 2.00 bits per heavy atom. The third kappa shape index (κ3) is 3.25. The van der Waals surface area contributed by atoms with Crippen molar-refractivity contribution in [3.8, 4) is 0 Å². The molecular formula is C12H26N2. The summed E-state index contributed by atoms with van der Waals surface area (Å²) in [5, 5.41) is 3.59. The lowest BCUT2D eigenvalue weighted by Gasteiger charge is -2.39. The van der Waals surface area contributed by atoms with Crippen LogP contribution in [0, 0.1) is 0 Å². The summed E-state index contributed by atoms with van der Waals surface area (Å²) in [5.41, 5.74) is 0.324. The topological polar surface area (TPSA) is 15.3 Å². The molecule has 0 aromatic heterocycles. The van der Waals surface area contributed by atoms with Crippen molar-refractivity contribution in [3.63, 3.8) is 0 Å². The number of nitrogens with one attached hydrogen (secondary N) is 1. The van der Waals surface area contributed by atoms with Crippen LogP contribution in [0.25, 0.3) is 0 Å². The maximum Gasteiger partial charge on any atom is 0.0194 e. The summed E-state index contributed by atoms with van der Waals surface area (Å²) in [6.45, 7) is 10.3. The Bertz CT molecular complexity index is 173. The van der Waals surface area contributed by atoms with Gasteiger partial charge in [0.15, 0.2) is 0 Å². The molecule has 0 aromatic rings. The minimum Gasteiger partial charge on any atom is -0.312 e. The van der Waals surface area contributed by atoms with E-state index in [2.05, 4.69) is 45.0 Å². The van der Waals surface area contributed by atoms with E-state index < -0.39 is 0 Å². The molecule has 1 unspecified atom stereocenters. The zero-order chi connectivity index (χ0) is 10.8. The van der Waals surface area contributed by atoms with Gasteiger partial charge in [-0.15, -0.1) is 0 Å². The van der Waals surface area contributed by atoms with Gasteiger partial charge in [-0.05, 0) is 47.1 Å². The fourth-order valence-electron chi connectivity index (χ4n) is 1.61. The van der Waals surface area contributed by atoms with Gasteiger partial charge in [0.05, 0.1) is 0 Å². The SMILES string of the molecule is CCC(C)(C)N(C)C(C)CNC1CC1. The number of hydrogen-bond donors (Lipinski definition) is 1. The van der Waals surface area contributed by atoms with Crippen LogP contribution in [0.5, 0.6) is 0 Å². The minimum atomic E-state index is 0.324. The van der Waals surface area contributed by atoms with Crippen molar-refractivity contribution in [2.45, 2.75) is 64.6 Å². The summed E-state index contributed by atoms with van der Waals surface area (Å²) >= 11 is 0. The van der Waals surface area contributed by atoms with Crippen LogP contribution in [-0.4, -0.2) is 36.1 Å². The van der Waals surface area contributed by atoms with Gasteiger partial charge in [0, 0.05) is 24.2 Å². The molecule has 0 saturated heterocycles. The van der Waals surface area contributed by atoms with Gasteiger partial charge in [0.2, 0.25) is 0 Å². The standard InChI is InChI=1S/C12H26N2/c1-6-12(3,4)14(5)10(2)9-13-11-7-8-11/h10-11,13H,6-9H2,1-5H3. The highest BCUT2D eigenvalue weighted by molar-refractivity contribution is 4.86. The van der Waals surface area contributed by atoms with Gasteiger partial charge in [-0.2, -0.15) is 0 Å². The van der Waals surface area contributed by atoms with Gasteiger partial charge in [0.25, 0.3) is 0 Å². The Morgan fingerprint density at radius 3 is 2.43 bits per heavy atom. The molecule has 1 fully saturated rings. The molecule has 0 aromatic carbocycles. The predicted molar refractivity (Wildman–Crippen MR) is 62.6 cm³/mol. The van der Waals surface area contributed by atoms with Gasteiger partial charge in [-0.1, -0.05) is 6.92 Å². The summed E-state index contributed by atoms with van der Waals surface area (Å²) in [6.07, 6.45) is 3.97. The highest BCUT2D eigenvalue weighted by atomic mass is 15.2. The van der Waals surface area contributed by atoms with Crippen molar-refractivity contribution >= 4 is 0 Å². The molecule has 2 nitrogen and oxygen atoms in total. The molecular weight excluding hydrogens is 172 g/mol. The van der Waals surface area contributed by atoms with E-state index in [0.717, 1.165) is 12.6 Å². The molecule has 1 rings (SSSR count). The van der Waals surface area contributed by atoms with E-state index in [9.17, 15) is 0 Å². The molecule has 84 valence electrons. The summed E-state index contributed by atoms with van der Waals surface area (Å²) in [7, 11) is 2.24. The quantitative estimate of drug-likeness (QED) is 0.704. The molecule has 0 heterocycles. The third-order valence-electron chi connectivity index (χ3n) is 3.76. The lowest BCUT2D eigenvalue weighted by Crippen LogP contribution is -2.49. The third-order valence-corrected chi connectivity index (χ3v) is 3.76. The molecule has 1 aliphatic carbocycles. The first-order valence-corrected chi connectivity index (χ1v) is 5.93. The average molecular weight is 198 g/mol. The number of rotatable bonds is 6. The van der Waals surface area contributed by atoms with Crippen LogP contribution in [0.1, 0.15) is 47.0 Å². The second kappa shape index (κ2) is 4.63. The molecule has 1 saturated carbocycles. The van der Waals surface area contributed by atoms with Gasteiger partial charge in [0.1, 0.15) is 0 Å². The largest absolute Gasteiger partial charge is 0.312 e. The lowest BCUT2D eigenvalue weighted by molar-refractivity contribution is 0.105. The minimum absolute atomic E-state index is 0.324. The first-order valence-electron chi connectivity index (χ1n) is 5.93. The molecule has 1 N–H and O–H groups in total. The van der Waals surface area contributed by atoms with Crippen molar-refractivity contribution in [1.82, 2.24) is 10.2 Å². The highest BCUT2D eigenvalue weighted by Crippen LogP contribution is 2.21. The summed E-state index contributed by atoms with van der Waals surface area (Å²) in [4.78, 5) is 2.49. The van der Waals surface area contributed by atoms with Crippen LogP contribution in [0.4, 0.5) is 0 Å². The van der Waals surface area contributed by atoms with E-state index in [1.165, 1.54) is 19.3 Å². The van der Waals surface area contributed by atoms with Gasteiger partial charge < -0.3 is 5.32 Å². The smallest absolute Gasteiger partial charge is 0.0194 e. The molecule has 0 bridgehead atoms. The van der Waals surface area contributed by atoms with Crippen molar-refractivity contribution < 1.29 is 0 Å². The molecule has 14 heavy (non-hydrogen) atoms. The lowest BCUT2D eigenvalue weighted by atomic mass is 9.98. The van der Waals surface area contributed by atoms with Crippen molar-refractivity contribution in [1.29, 1.82) is 0 Å². The van der Waals surface area contributed by atoms with Crippen molar-refractivity contribution in [3.05, 3.63) is 0 Å². The monoisotopic (exact) mass is 198 g/mol. The van der Waals surface area contributed by atoms with Crippen LogP contribution in [-0.2, 0) is 0 Å². The average Bonchev–Trinajstić information content (AvgIpc) is 2.96. The van der Waals surface area contributed by atoms with Crippen LogP contribution < -0.4 is 5.32 Å².